The number of rotatable bonds is 7. The average Bonchev–Trinajstić information content (AvgIpc) is 3.01. The summed E-state index contributed by atoms with van der Waals surface area (Å²) >= 11 is 0. The lowest BCUT2D eigenvalue weighted by Crippen LogP contribution is -2.32. The van der Waals surface area contributed by atoms with E-state index in [0.717, 1.165) is 22.4 Å². The van der Waals surface area contributed by atoms with Gasteiger partial charge in [0.1, 0.15) is 11.4 Å². The number of nitrogens with one attached hydrogen (secondary N) is 1. The van der Waals surface area contributed by atoms with E-state index < -0.39 is 0 Å². The highest BCUT2D eigenvalue weighted by molar-refractivity contribution is 6.36. The van der Waals surface area contributed by atoms with Crippen molar-refractivity contribution in [3.05, 3.63) is 94.9 Å². The zero-order chi connectivity index (χ0) is 23.5. The van der Waals surface area contributed by atoms with E-state index in [1.807, 2.05) is 70.2 Å². The molecule has 1 aliphatic heterocycles. The molecule has 2 aromatic carbocycles. The number of aromatic nitrogens is 1. The van der Waals surface area contributed by atoms with E-state index in [-0.39, 0.29) is 30.2 Å². The van der Waals surface area contributed by atoms with E-state index in [0.29, 0.717) is 16.9 Å². The molecule has 0 aliphatic carbocycles. The lowest BCUT2D eigenvalue weighted by molar-refractivity contribution is -0.137. The molecular weight excluding hydrogens is 414 g/mol. The molecule has 0 radical (unpaired) electrons. The van der Waals surface area contributed by atoms with Crippen LogP contribution in [-0.2, 0) is 16.1 Å². The minimum Gasteiger partial charge on any atom is -0.491 e. The van der Waals surface area contributed by atoms with E-state index in [9.17, 15) is 9.59 Å². The Hall–Kier alpha value is -3.93. The first-order valence-electron chi connectivity index (χ1n) is 10.9. The topological polar surface area (TPSA) is 71.5 Å². The number of imide groups is 1. The second kappa shape index (κ2) is 9.28. The third-order valence-corrected chi connectivity index (χ3v) is 5.43. The summed E-state index contributed by atoms with van der Waals surface area (Å²) in [4.78, 5) is 32.2. The van der Waals surface area contributed by atoms with Crippen LogP contribution in [-0.4, -0.2) is 27.8 Å². The van der Waals surface area contributed by atoms with E-state index in [2.05, 4.69) is 10.3 Å². The number of hydrogen-bond donors (Lipinski definition) is 1. The van der Waals surface area contributed by atoms with E-state index in [1.54, 1.807) is 24.5 Å². The number of anilines is 1. The molecule has 168 valence electrons. The Morgan fingerprint density at radius 2 is 1.64 bits per heavy atom. The molecule has 6 heteroatoms. The number of hydrogen-bond acceptors (Lipinski definition) is 5. The number of carbonyl (C=O) groups is 2. The van der Waals surface area contributed by atoms with E-state index in [4.69, 9.17) is 4.74 Å². The van der Waals surface area contributed by atoms with Crippen LogP contribution in [0.25, 0.3) is 5.57 Å². The second-order valence-corrected chi connectivity index (χ2v) is 8.44. The number of amides is 2. The lowest BCUT2D eigenvalue weighted by atomic mass is 10.0. The van der Waals surface area contributed by atoms with Gasteiger partial charge in [0.15, 0.2) is 0 Å². The monoisotopic (exact) mass is 441 g/mol. The van der Waals surface area contributed by atoms with Crippen LogP contribution in [0.15, 0.2) is 72.7 Å². The van der Waals surface area contributed by atoms with Gasteiger partial charge in [-0.15, -0.1) is 0 Å². The molecular formula is C27H27N3O3. The highest BCUT2D eigenvalue weighted by Crippen LogP contribution is 2.33. The summed E-state index contributed by atoms with van der Waals surface area (Å²) in [7, 11) is 0. The number of aryl methyl sites for hydroxylation is 2. The van der Waals surface area contributed by atoms with Crippen molar-refractivity contribution in [1.82, 2.24) is 9.88 Å². The molecule has 0 atom stereocenters. The Labute approximate surface area is 193 Å². The Balaban J connectivity index is 1.74. The predicted molar refractivity (Wildman–Crippen MR) is 128 cm³/mol. The Morgan fingerprint density at radius 3 is 2.30 bits per heavy atom. The first-order chi connectivity index (χ1) is 15.8. The van der Waals surface area contributed by atoms with Crippen LogP contribution in [0.3, 0.4) is 0 Å². The number of benzene rings is 2. The molecule has 33 heavy (non-hydrogen) atoms. The third-order valence-electron chi connectivity index (χ3n) is 5.43. The summed E-state index contributed by atoms with van der Waals surface area (Å²) in [5.41, 5.74) is 4.97. The fourth-order valence-electron chi connectivity index (χ4n) is 3.75. The SMILES string of the molecule is Cc1ccc(C)c(NC2=C(c3ccc(OC(C)C)cc3)C(=O)N(Cc3ccncc3)C2=O)c1. The van der Waals surface area contributed by atoms with Gasteiger partial charge in [0, 0.05) is 18.1 Å². The quantitative estimate of drug-likeness (QED) is 0.529. The molecule has 2 amide bonds. The molecule has 0 spiro atoms. The summed E-state index contributed by atoms with van der Waals surface area (Å²) in [6, 6.07) is 16.9. The van der Waals surface area contributed by atoms with Gasteiger partial charge in [0.25, 0.3) is 11.8 Å². The normalized spacial score (nSPS) is 13.8. The number of nitrogens with zero attached hydrogens (tertiary/aromatic N) is 2. The van der Waals surface area contributed by atoms with Gasteiger partial charge in [0.05, 0.1) is 18.2 Å². The minimum absolute atomic E-state index is 0.0436. The smallest absolute Gasteiger partial charge is 0.278 e. The molecule has 0 unspecified atom stereocenters. The van der Waals surface area contributed by atoms with Gasteiger partial charge < -0.3 is 10.1 Å². The summed E-state index contributed by atoms with van der Waals surface area (Å²) in [6.45, 7) is 8.05. The summed E-state index contributed by atoms with van der Waals surface area (Å²) in [5, 5.41) is 3.27. The predicted octanol–water partition coefficient (Wildman–Crippen LogP) is 4.88. The van der Waals surface area contributed by atoms with Crippen molar-refractivity contribution in [3.63, 3.8) is 0 Å². The maximum Gasteiger partial charge on any atom is 0.278 e. The largest absolute Gasteiger partial charge is 0.491 e. The van der Waals surface area contributed by atoms with Gasteiger partial charge in [-0.05, 0) is 80.3 Å². The molecule has 1 aromatic heterocycles. The molecule has 1 aliphatic rings. The van der Waals surface area contributed by atoms with Crippen LogP contribution in [0, 0.1) is 13.8 Å². The van der Waals surface area contributed by atoms with Gasteiger partial charge in [-0.3, -0.25) is 19.5 Å². The lowest BCUT2D eigenvalue weighted by Gasteiger charge is -2.16. The Bertz CT molecular complexity index is 1220. The van der Waals surface area contributed by atoms with Crippen LogP contribution in [0.5, 0.6) is 5.75 Å². The van der Waals surface area contributed by atoms with Crippen LogP contribution in [0.1, 0.15) is 36.1 Å². The van der Waals surface area contributed by atoms with Crippen molar-refractivity contribution >= 4 is 23.1 Å². The van der Waals surface area contributed by atoms with Crippen molar-refractivity contribution in [2.24, 2.45) is 0 Å². The van der Waals surface area contributed by atoms with Crippen LogP contribution in [0.4, 0.5) is 5.69 Å². The van der Waals surface area contributed by atoms with E-state index in [1.165, 1.54) is 4.90 Å². The zero-order valence-electron chi connectivity index (χ0n) is 19.3. The average molecular weight is 442 g/mol. The summed E-state index contributed by atoms with van der Waals surface area (Å²) in [5.74, 6) is 0.0289. The van der Waals surface area contributed by atoms with Crippen molar-refractivity contribution in [2.75, 3.05) is 5.32 Å². The standard InChI is InChI=1S/C27H27N3O3/c1-17(2)33-22-9-7-21(8-10-22)24-25(29-23-15-18(3)5-6-19(23)4)27(32)30(26(24)31)16-20-11-13-28-14-12-20/h5-15,17,29H,16H2,1-4H3. The Kier molecular flexibility index (Phi) is 6.27. The van der Waals surface area contributed by atoms with Gasteiger partial charge >= 0.3 is 0 Å². The molecule has 1 N–H and O–H groups in total. The first-order valence-corrected chi connectivity index (χ1v) is 10.9. The van der Waals surface area contributed by atoms with Crippen molar-refractivity contribution < 1.29 is 14.3 Å². The molecule has 6 nitrogen and oxygen atoms in total. The van der Waals surface area contributed by atoms with Crippen molar-refractivity contribution in [1.29, 1.82) is 0 Å². The summed E-state index contributed by atoms with van der Waals surface area (Å²) in [6.07, 6.45) is 3.34. The van der Waals surface area contributed by atoms with Gasteiger partial charge in [-0.2, -0.15) is 0 Å². The Morgan fingerprint density at radius 1 is 0.939 bits per heavy atom. The minimum atomic E-state index is -0.352. The van der Waals surface area contributed by atoms with Gasteiger partial charge in [-0.1, -0.05) is 24.3 Å². The van der Waals surface area contributed by atoms with Gasteiger partial charge in [0.2, 0.25) is 0 Å². The summed E-state index contributed by atoms with van der Waals surface area (Å²) < 4.78 is 5.73. The number of carbonyl (C=O) groups excluding carboxylic acids is 2. The highest BCUT2D eigenvalue weighted by Gasteiger charge is 2.39. The maximum atomic E-state index is 13.5. The van der Waals surface area contributed by atoms with Crippen LogP contribution >= 0.6 is 0 Å². The van der Waals surface area contributed by atoms with Crippen molar-refractivity contribution in [3.8, 4) is 5.75 Å². The zero-order valence-corrected chi connectivity index (χ0v) is 19.3. The molecule has 2 heterocycles. The van der Waals surface area contributed by atoms with Crippen LogP contribution in [0.2, 0.25) is 0 Å². The molecule has 0 fully saturated rings. The van der Waals surface area contributed by atoms with Crippen molar-refractivity contribution in [2.45, 2.75) is 40.3 Å². The first kappa shape index (κ1) is 22.3. The fraction of sp³-hybridized carbons (Fsp3) is 0.222. The number of pyridine rings is 1. The third kappa shape index (κ3) is 4.80. The molecule has 0 saturated heterocycles. The van der Waals surface area contributed by atoms with E-state index >= 15 is 0 Å². The van der Waals surface area contributed by atoms with Gasteiger partial charge in [-0.25, -0.2) is 0 Å². The molecule has 0 bridgehead atoms. The highest BCUT2D eigenvalue weighted by atomic mass is 16.5. The fourth-order valence-corrected chi connectivity index (χ4v) is 3.75. The number of ether oxygens (including phenoxy) is 1. The second-order valence-electron chi connectivity index (χ2n) is 8.44. The molecule has 4 rings (SSSR count). The van der Waals surface area contributed by atoms with Crippen LogP contribution < -0.4 is 10.1 Å². The maximum absolute atomic E-state index is 13.5. The molecule has 0 saturated carbocycles. The molecule has 3 aromatic rings.